The molecule has 0 aromatic rings. The van der Waals surface area contributed by atoms with Gasteiger partial charge in [-0.25, -0.2) is 0 Å². The summed E-state index contributed by atoms with van der Waals surface area (Å²) in [6, 6.07) is 0. The Bertz CT molecular complexity index is 163. The standard InChI is InChI=1S/C10H16O3/c1-8(2)9-5-12-10(13-6-9)3-4-11-7-10/h1,8-9H,3-7H2,2H3. The Morgan fingerprint density at radius 1 is 1.38 bits per heavy atom. The Kier molecular flexibility index (Phi) is 2.58. The molecular formula is C10H16O3. The van der Waals surface area contributed by atoms with Crippen LogP contribution in [0.4, 0.5) is 0 Å². The smallest absolute Gasteiger partial charge is 0.193 e. The molecule has 13 heavy (non-hydrogen) atoms. The Hall–Kier alpha value is -0.120. The first kappa shape index (κ1) is 9.44. The van der Waals surface area contributed by atoms with Crippen LogP contribution in [0.2, 0.25) is 0 Å². The molecule has 2 aliphatic heterocycles. The van der Waals surface area contributed by atoms with Crippen molar-refractivity contribution in [1.82, 2.24) is 0 Å². The van der Waals surface area contributed by atoms with Crippen molar-refractivity contribution in [1.29, 1.82) is 0 Å². The van der Waals surface area contributed by atoms with Gasteiger partial charge in [-0.05, 0) is 12.8 Å². The summed E-state index contributed by atoms with van der Waals surface area (Å²) in [5.74, 6) is 0.0247. The molecular weight excluding hydrogens is 168 g/mol. The second-order valence-electron chi connectivity index (χ2n) is 3.95. The summed E-state index contributed by atoms with van der Waals surface area (Å²) in [5.41, 5.74) is 0. The van der Waals surface area contributed by atoms with E-state index < -0.39 is 5.79 Å². The van der Waals surface area contributed by atoms with E-state index in [1.165, 1.54) is 0 Å². The highest BCUT2D eigenvalue weighted by Gasteiger charge is 2.41. The summed E-state index contributed by atoms with van der Waals surface area (Å²) in [6.45, 7) is 10.4. The van der Waals surface area contributed by atoms with E-state index in [9.17, 15) is 0 Å². The largest absolute Gasteiger partial charge is 0.376 e. The molecule has 1 atom stereocenters. The van der Waals surface area contributed by atoms with E-state index in [-0.39, 0.29) is 5.92 Å². The maximum atomic E-state index is 5.76. The molecule has 1 spiro atoms. The average molecular weight is 184 g/mol. The highest BCUT2D eigenvalue weighted by molar-refractivity contribution is 4.81. The predicted molar refractivity (Wildman–Crippen MR) is 47.0 cm³/mol. The van der Waals surface area contributed by atoms with Crippen LogP contribution in [-0.2, 0) is 14.2 Å². The zero-order valence-corrected chi connectivity index (χ0v) is 7.99. The van der Waals surface area contributed by atoms with E-state index >= 15 is 0 Å². The van der Waals surface area contributed by atoms with Gasteiger partial charge in [-0.2, -0.15) is 0 Å². The highest BCUT2D eigenvalue weighted by atomic mass is 16.7. The summed E-state index contributed by atoms with van der Waals surface area (Å²) in [6.07, 6.45) is 0.846. The van der Waals surface area contributed by atoms with Crippen molar-refractivity contribution in [2.45, 2.75) is 19.1 Å². The van der Waals surface area contributed by atoms with E-state index in [0.29, 0.717) is 25.7 Å². The lowest BCUT2D eigenvalue weighted by Crippen LogP contribution is -2.45. The fourth-order valence-corrected chi connectivity index (χ4v) is 1.67. The number of hydrogen-bond acceptors (Lipinski definition) is 3. The van der Waals surface area contributed by atoms with E-state index in [1.807, 2.05) is 6.92 Å². The van der Waals surface area contributed by atoms with Crippen molar-refractivity contribution >= 4 is 0 Å². The van der Waals surface area contributed by atoms with Crippen molar-refractivity contribution in [3.8, 4) is 0 Å². The van der Waals surface area contributed by atoms with E-state index in [4.69, 9.17) is 21.1 Å². The van der Waals surface area contributed by atoms with Gasteiger partial charge >= 0.3 is 0 Å². The van der Waals surface area contributed by atoms with Crippen LogP contribution in [0.3, 0.4) is 0 Å². The molecule has 2 saturated heterocycles. The molecule has 3 heteroatoms. The lowest BCUT2D eigenvalue weighted by molar-refractivity contribution is -0.282. The SMILES string of the molecule is [CH]C(C)C1COC2(CCOC2)OC1. The van der Waals surface area contributed by atoms with E-state index in [2.05, 4.69) is 0 Å². The fourth-order valence-electron chi connectivity index (χ4n) is 1.67. The van der Waals surface area contributed by atoms with Gasteiger partial charge in [0.1, 0.15) is 6.61 Å². The molecule has 0 aliphatic carbocycles. The van der Waals surface area contributed by atoms with Crippen molar-refractivity contribution in [3.63, 3.8) is 0 Å². The van der Waals surface area contributed by atoms with Crippen LogP contribution in [0, 0.1) is 18.8 Å². The van der Waals surface area contributed by atoms with E-state index in [1.54, 1.807) is 0 Å². The molecule has 2 aliphatic rings. The van der Waals surface area contributed by atoms with Crippen molar-refractivity contribution in [2.24, 2.45) is 11.8 Å². The minimum Gasteiger partial charge on any atom is -0.376 e. The van der Waals surface area contributed by atoms with Crippen molar-refractivity contribution < 1.29 is 14.2 Å². The highest BCUT2D eigenvalue weighted by Crippen LogP contribution is 2.31. The quantitative estimate of drug-likeness (QED) is 0.611. The molecule has 2 heterocycles. The fraction of sp³-hybridized carbons (Fsp3) is 0.900. The number of ether oxygens (including phenoxy) is 3. The van der Waals surface area contributed by atoms with Gasteiger partial charge in [-0.3, -0.25) is 0 Å². The molecule has 2 fully saturated rings. The van der Waals surface area contributed by atoms with Gasteiger partial charge in [0.05, 0.1) is 19.8 Å². The lowest BCUT2D eigenvalue weighted by atomic mass is 9.96. The molecule has 0 aromatic heterocycles. The van der Waals surface area contributed by atoms with Crippen LogP contribution in [0.25, 0.3) is 0 Å². The molecule has 0 N–H and O–H groups in total. The maximum Gasteiger partial charge on any atom is 0.193 e. The summed E-state index contributed by atoms with van der Waals surface area (Å²) < 4.78 is 16.6. The molecule has 2 radical (unpaired) electrons. The van der Waals surface area contributed by atoms with Crippen molar-refractivity contribution in [2.75, 3.05) is 26.4 Å². The summed E-state index contributed by atoms with van der Waals surface area (Å²) in [5, 5.41) is 0. The second-order valence-corrected chi connectivity index (χ2v) is 3.95. The lowest BCUT2D eigenvalue weighted by Gasteiger charge is -2.37. The van der Waals surface area contributed by atoms with Crippen LogP contribution in [0.5, 0.6) is 0 Å². The van der Waals surface area contributed by atoms with Gasteiger partial charge in [0, 0.05) is 12.3 Å². The molecule has 74 valence electrons. The van der Waals surface area contributed by atoms with Gasteiger partial charge in [-0.15, -0.1) is 0 Å². The monoisotopic (exact) mass is 184 g/mol. The Morgan fingerprint density at radius 3 is 2.54 bits per heavy atom. The van der Waals surface area contributed by atoms with Crippen LogP contribution < -0.4 is 0 Å². The van der Waals surface area contributed by atoms with Gasteiger partial charge in [0.2, 0.25) is 0 Å². The molecule has 0 bridgehead atoms. The molecule has 0 amide bonds. The van der Waals surface area contributed by atoms with E-state index in [0.717, 1.165) is 13.0 Å². The van der Waals surface area contributed by atoms with Crippen LogP contribution >= 0.6 is 0 Å². The topological polar surface area (TPSA) is 27.7 Å². The third-order valence-corrected chi connectivity index (χ3v) is 2.81. The minimum absolute atomic E-state index is 0.139. The molecule has 0 aromatic carbocycles. The van der Waals surface area contributed by atoms with Gasteiger partial charge < -0.3 is 14.2 Å². The van der Waals surface area contributed by atoms with Crippen LogP contribution in [-0.4, -0.2) is 32.2 Å². The number of hydrogen-bond donors (Lipinski definition) is 0. The first-order valence-corrected chi connectivity index (χ1v) is 4.83. The molecule has 2 rings (SSSR count). The minimum atomic E-state index is -0.439. The summed E-state index contributed by atoms with van der Waals surface area (Å²) in [7, 11) is 0. The summed E-state index contributed by atoms with van der Waals surface area (Å²) in [4.78, 5) is 0. The Morgan fingerprint density at radius 2 is 2.08 bits per heavy atom. The maximum absolute atomic E-state index is 5.76. The zero-order chi connectivity index (χ0) is 9.31. The van der Waals surface area contributed by atoms with Crippen molar-refractivity contribution in [3.05, 3.63) is 6.92 Å². The third-order valence-electron chi connectivity index (χ3n) is 2.81. The zero-order valence-electron chi connectivity index (χ0n) is 7.99. The van der Waals surface area contributed by atoms with Gasteiger partial charge in [0.15, 0.2) is 5.79 Å². The molecule has 3 nitrogen and oxygen atoms in total. The third kappa shape index (κ3) is 1.87. The van der Waals surface area contributed by atoms with Gasteiger partial charge in [0.25, 0.3) is 0 Å². The second kappa shape index (κ2) is 3.56. The Labute approximate surface area is 79.4 Å². The molecule has 1 unspecified atom stereocenters. The first-order chi connectivity index (χ1) is 6.22. The summed E-state index contributed by atoms with van der Waals surface area (Å²) >= 11 is 0. The van der Waals surface area contributed by atoms with Gasteiger partial charge in [-0.1, -0.05) is 6.92 Å². The first-order valence-electron chi connectivity index (χ1n) is 4.83. The van der Waals surface area contributed by atoms with Crippen LogP contribution in [0.15, 0.2) is 0 Å². The Balaban J connectivity index is 1.88. The average Bonchev–Trinajstić information content (AvgIpc) is 2.54. The molecule has 0 saturated carbocycles. The van der Waals surface area contributed by atoms with Crippen LogP contribution in [0.1, 0.15) is 13.3 Å². The number of rotatable bonds is 1. The predicted octanol–water partition coefficient (Wildman–Crippen LogP) is 1.11. The normalized spacial score (nSPS) is 40.4.